The van der Waals surface area contributed by atoms with Crippen LogP contribution in [0.15, 0.2) is 40.9 Å². The highest BCUT2D eigenvalue weighted by molar-refractivity contribution is 5.94. The number of para-hydroxylation sites is 1. The molecule has 0 fully saturated rings. The number of aryl methyl sites for hydroxylation is 2. The summed E-state index contributed by atoms with van der Waals surface area (Å²) in [5.41, 5.74) is 2.39. The Balaban J connectivity index is 1.58. The second-order valence-corrected chi connectivity index (χ2v) is 7.46. The molecule has 0 saturated heterocycles. The number of rotatable bonds is 11. The normalized spacial score (nSPS) is 10.4. The lowest BCUT2D eigenvalue weighted by atomic mass is 10.1. The van der Waals surface area contributed by atoms with Crippen molar-refractivity contribution in [3.05, 3.63) is 64.5 Å². The number of methoxy groups -OCH3 is 3. The van der Waals surface area contributed by atoms with Gasteiger partial charge in [0.15, 0.2) is 18.1 Å². The summed E-state index contributed by atoms with van der Waals surface area (Å²) in [5, 5.41) is 6.59. The lowest BCUT2D eigenvalue weighted by Crippen LogP contribution is -2.28. The average Bonchev–Trinajstić information content (AvgIpc) is 3.20. The fourth-order valence-corrected chi connectivity index (χ4v) is 3.30. The van der Waals surface area contributed by atoms with Gasteiger partial charge < -0.3 is 33.5 Å². The van der Waals surface area contributed by atoms with E-state index in [1.54, 1.807) is 43.3 Å². The van der Waals surface area contributed by atoms with Gasteiger partial charge in [0.05, 0.1) is 32.6 Å². The third-order valence-corrected chi connectivity index (χ3v) is 5.26. The third kappa shape index (κ3) is 6.23. The van der Waals surface area contributed by atoms with E-state index in [4.69, 9.17) is 28.2 Å². The minimum atomic E-state index is -0.682. The third-order valence-electron chi connectivity index (χ3n) is 5.26. The second-order valence-electron chi connectivity index (χ2n) is 7.46. The minimum absolute atomic E-state index is 0.136. The van der Waals surface area contributed by atoms with Gasteiger partial charge in [-0.25, -0.2) is 4.79 Å². The van der Waals surface area contributed by atoms with Crippen LogP contribution in [-0.4, -0.2) is 45.0 Å². The fourth-order valence-electron chi connectivity index (χ4n) is 3.30. The number of benzene rings is 2. The monoisotopic (exact) mass is 484 g/mol. The maximum absolute atomic E-state index is 12.6. The zero-order chi connectivity index (χ0) is 25.4. The number of esters is 1. The van der Waals surface area contributed by atoms with Crippen LogP contribution >= 0.6 is 0 Å². The number of hydrogen-bond acceptors (Lipinski definition) is 9. The summed E-state index contributed by atoms with van der Waals surface area (Å²) >= 11 is 0. The molecule has 10 heteroatoms. The van der Waals surface area contributed by atoms with E-state index in [0.29, 0.717) is 40.0 Å². The summed E-state index contributed by atoms with van der Waals surface area (Å²) < 4.78 is 32.1. The van der Waals surface area contributed by atoms with Gasteiger partial charge in [0.2, 0.25) is 0 Å². The van der Waals surface area contributed by atoms with Crippen molar-refractivity contribution in [3.63, 3.8) is 0 Å². The Morgan fingerprint density at radius 1 is 0.943 bits per heavy atom. The number of aromatic nitrogens is 1. The molecule has 0 radical (unpaired) electrons. The first-order chi connectivity index (χ1) is 16.9. The van der Waals surface area contributed by atoms with Crippen molar-refractivity contribution in [3.8, 4) is 23.0 Å². The minimum Gasteiger partial charge on any atom is -0.496 e. The number of nitrogens with zero attached hydrogens (tertiary/aromatic N) is 1. The van der Waals surface area contributed by atoms with Crippen LogP contribution in [0.25, 0.3) is 0 Å². The van der Waals surface area contributed by atoms with Gasteiger partial charge >= 0.3 is 5.97 Å². The van der Waals surface area contributed by atoms with Gasteiger partial charge in [-0.1, -0.05) is 17.3 Å². The van der Waals surface area contributed by atoms with Gasteiger partial charge in [-0.05, 0) is 32.0 Å². The molecular weight excluding hydrogens is 456 g/mol. The molecule has 0 bridgehead atoms. The Hall–Kier alpha value is -4.21. The Labute approximate surface area is 203 Å². The molecule has 3 rings (SSSR count). The molecular formula is C25H28N2O8. The molecule has 0 spiro atoms. The second kappa shape index (κ2) is 11.8. The van der Waals surface area contributed by atoms with Crippen LogP contribution in [0.1, 0.15) is 32.9 Å². The van der Waals surface area contributed by atoms with Crippen LogP contribution in [0.3, 0.4) is 0 Å². The van der Waals surface area contributed by atoms with Gasteiger partial charge in [-0.3, -0.25) is 4.79 Å². The molecule has 35 heavy (non-hydrogen) atoms. The first-order valence-electron chi connectivity index (χ1n) is 10.7. The van der Waals surface area contributed by atoms with E-state index in [0.717, 1.165) is 5.56 Å². The van der Waals surface area contributed by atoms with Crippen molar-refractivity contribution in [2.45, 2.75) is 27.0 Å². The Morgan fingerprint density at radius 2 is 1.63 bits per heavy atom. The number of carbonyl (C=O) groups excluding carboxylic acids is 2. The number of hydrogen-bond donors (Lipinski definition) is 1. The molecule has 0 saturated carbocycles. The lowest BCUT2D eigenvalue weighted by molar-refractivity contribution is -0.124. The highest BCUT2D eigenvalue weighted by Gasteiger charge is 2.18. The standard InChI is InChI=1S/C25H28N2O8/c1-15-19(16(2)35-27-15)13-33-20-9-7-6-8-18(20)25(29)34-14-24(28)26-12-17-10-22(31-4)23(32-5)11-21(17)30-3/h6-11H,12-14H2,1-5H3,(H,26,28). The Kier molecular flexibility index (Phi) is 8.55. The van der Waals surface area contributed by atoms with Gasteiger partial charge in [-0.2, -0.15) is 0 Å². The molecule has 0 aliphatic rings. The number of amides is 1. The van der Waals surface area contributed by atoms with E-state index in [1.165, 1.54) is 21.3 Å². The quantitative estimate of drug-likeness (QED) is 0.409. The van der Waals surface area contributed by atoms with Crippen molar-refractivity contribution in [1.29, 1.82) is 0 Å². The molecule has 0 aliphatic heterocycles. The van der Waals surface area contributed by atoms with Crippen molar-refractivity contribution in [2.75, 3.05) is 27.9 Å². The largest absolute Gasteiger partial charge is 0.496 e. The average molecular weight is 485 g/mol. The van der Waals surface area contributed by atoms with Gasteiger partial charge in [0, 0.05) is 18.2 Å². The van der Waals surface area contributed by atoms with Crippen LogP contribution in [0.4, 0.5) is 0 Å². The molecule has 1 aromatic heterocycles. The molecule has 0 unspecified atom stereocenters. The SMILES string of the molecule is COc1cc(OC)c(OC)cc1CNC(=O)COC(=O)c1ccccc1OCc1c(C)noc1C. The predicted molar refractivity (Wildman–Crippen MR) is 125 cm³/mol. The number of carbonyl (C=O) groups is 2. The van der Waals surface area contributed by atoms with Crippen LogP contribution in [0.2, 0.25) is 0 Å². The first-order valence-corrected chi connectivity index (χ1v) is 10.7. The van der Waals surface area contributed by atoms with Crippen LogP contribution in [-0.2, 0) is 22.7 Å². The number of nitrogens with one attached hydrogen (secondary N) is 1. The van der Waals surface area contributed by atoms with Gasteiger partial charge in [0.1, 0.15) is 29.4 Å². The zero-order valence-corrected chi connectivity index (χ0v) is 20.3. The first kappa shape index (κ1) is 25.4. The van der Waals surface area contributed by atoms with E-state index in [9.17, 15) is 9.59 Å². The summed E-state index contributed by atoms with van der Waals surface area (Å²) in [6.45, 7) is 3.45. The number of ether oxygens (including phenoxy) is 5. The lowest BCUT2D eigenvalue weighted by Gasteiger charge is -2.15. The Morgan fingerprint density at radius 3 is 2.29 bits per heavy atom. The van der Waals surface area contributed by atoms with Gasteiger partial charge in [0.25, 0.3) is 5.91 Å². The molecule has 10 nitrogen and oxygen atoms in total. The predicted octanol–water partition coefficient (Wildman–Crippen LogP) is 3.37. The molecule has 0 aliphatic carbocycles. The van der Waals surface area contributed by atoms with Crippen molar-refractivity contribution >= 4 is 11.9 Å². The van der Waals surface area contributed by atoms with E-state index in [-0.39, 0.29) is 18.7 Å². The Bertz CT molecular complexity index is 1170. The maximum Gasteiger partial charge on any atom is 0.342 e. The highest BCUT2D eigenvalue weighted by atomic mass is 16.5. The molecule has 1 heterocycles. The topological polar surface area (TPSA) is 118 Å². The van der Waals surface area contributed by atoms with Crippen molar-refractivity contribution < 1.29 is 37.8 Å². The molecule has 3 aromatic rings. The molecule has 1 amide bonds. The molecule has 0 atom stereocenters. The van der Waals surface area contributed by atoms with Gasteiger partial charge in [-0.15, -0.1) is 0 Å². The van der Waals surface area contributed by atoms with E-state index in [2.05, 4.69) is 10.5 Å². The maximum atomic E-state index is 12.6. The fraction of sp³-hybridized carbons (Fsp3) is 0.320. The summed E-state index contributed by atoms with van der Waals surface area (Å²) in [4.78, 5) is 25.0. The van der Waals surface area contributed by atoms with Crippen molar-refractivity contribution in [2.24, 2.45) is 0 Å². The molecule has 2 aromatic carbocycles. The summed E-state index contributed by atoms with van der Waals surface area (Å²) in [6.07, 6.45) is 0. The highest BCUT2D eigenvalue weighted by Crippen LogP contribution is 2.34. The molecule has 186 valence electrons. The summed E-state index contributed by atoms with van der Waals surface area (Å²) in [5.74, 6) is 1.32. The molecule has 1 N–H and O–H groups in total. The van der Waals surface area contributed by atoms with E-state index in [1.807, 2.05) is 6.92 Å². The smallest absolute Gasteiger partial charge is 0.342 e. The van der Waals surface area contributed by atoms with E-state index >= 15 is 0 Å². The van der Waals surface area contributed by atoms with Crippen LogP contribution < -0.4 is 24.3 Å². The van der Waals surface area contributed by atoms with E-state index < -0.39 is 18.5 Å². The van der Waals surface area contributed by atoms with Crippen molar-refractivity contribution in [1.82, 2.24) is 10.5 Å². The zero-order valence-electron chi connectivity index (χ0n) is 20.3. The van der Waals surface area contributed by atoms with Crippen LogP contribution in [0, 0.1) is 13.8 Å². The summed E-state index contributed by atoms with van der Waals surface area (Å²) in [6, 6.07) is 10.0. The van der Waals surface area contributed by atoms with Crippen LogP contribution in [0.5, 0.6) is 23.0 Å². The summed E-state index contributed by atoms with van der Waals surface area (Å²) in [7, 11) is 4.55.